The third kappa shape index (κ3) is 3.92. The number of hydrogen-bond acceptors (Lipinski definition) is 5. The summed E-state index contributed by atoms with van der Waals surface area (Å²) in [6, 6.07) is 13.3. The lowest BCUT2D eigenvalue weighted by Crippen LogP contribution is -2.12. The van der Waals surface area contributed by atoms with Crippen molar-refractivity contribution in [1.29, 1.82) is 0 Å². The van der Waals surface area contributed by atoms with Crippen LogP contribution in [0.1, 0.15) is 0 Å². The summed E-state index contributed by atoms with van der Waals surface area (Å²) in [5.74, 6) is 3.56. The van der Waals surface area contributed by atoms with Crippen molar-refractivity contribution in [2.75, 3.05) is 5.75 Å². The molecule has 0 radical (unpaired) electrons. The minimum Gasteiger partial charge on any atom is -0.270 e. The van der Waals surface area contributed by atoms with Gasteiger partial charge in [0, 0.05) is 16.3 Å². The molecule has 132 valence electrons. The molecule has 0 bridgehead atoms. The van der Waals surface area contributed by atoms with Crippen LogP contribution in [-0.2, 0) is 10.0 Å². The number of aromatic nitrogens is 3. The second kappa shape index (κ2) is 7.51. The molecule has 3 rings (SSSR count). The van der Waals surface area contributed by atoms with Crippen molar-refractivity contribution in [3.63, 3.8) is 0 Å². The van der Waals surface area contributed by atoms with Gasteiger partial charge in [-0.25, -0.2) is 13.6 Å². The van der Waals surface area contributed by atoms with Crippen LogP contribution in [0.4, 0.5) is 0 Å². The summed E-state index contributed by atoms with van der Waals surface area (Å²) in [6.07, 6.45) is 5.34. The van der Waals surface area contributed by atoms with Gasteiger partial charge >= 0.3 is 0 Å². The van der Waals surface area contributed by atoms with Crippen LogP contribution in [0.3, 0.4) is 0 Å². The van der Waals surface area contributed by atoms with E-state index in [1.165, 1.54) is 23.9 Å². The summed E-state index contributed by atoms with van der Waals surface area (Å²) in [6.45, 7) is 0. The monoisotopic (exact) mass is 404 g/mol. The van der Waals surface area contributed by atoms with Crippen molar-refractivity contribution in [1.82, 2.24) is 14.8 Å². The van der Waals surface area contributed by atoms with Gasteiger partial charge in [0.1, 0.15) is 0 Å². The molecular formula is C17H13ClN4O2S2. The number of sulfonamides is 1. The fraction of sp³-hybridized carbons (Fsp3) is 0.0588. The molecule has 0 aliphatic rings. The van der Waals surface area contributed by atoms with E-state index >= 15 is 0 Å². The van der Waals surface area contributed by atoms with E-state index < -0.39 is 10.0 Å². The maximum Gasteiger partial charge on any atom is 0.238 e. The van der Waals surface area contributed by atoms with Crippen molar-refractivity contribution in [2.45, 2.75) is 10.1 Å². The standard InChI is InChI=1S/C17H13ClN4O2S2/c1-2-11-25-17-21-20-16(12-3-5-13(18)6-4-12)22(17)14-7-9-15(10-8-14)26(19,23)24/h1,3-10H,11H2,(H2,19,23,24). The third-order valence-electron chi connectivity index (χ3n) is 3.44. The maximum atomic E-state index is 11.5. The van der Waals surface area contributed by atoms with Crippen LogP contribution in [0.5, 0.6) is 0 Å². The highest BCUT2D eigenvalue weighted by Gasteiger charge is 2.17. The largest absolute Gasteiger partial charge is 0.270 e. The number of halogens is 1. The first-order valence-corrected chi connectivity index (χ1v) is 10.2. The van der Waals surface area contributed by atoms with Gasteiger partial charge in [0.25, 0.3) is 0 Å². The van der Waals surface area contributed by atoms with Crippen LogP contribution in [0.25, 0.3) is 17.1 Å². The number of thioether (sulfide) groups is 1. The van der Waals surface area contributed by atoms with E-state index in [1.54, 1.807) is 28.8 Å². The topological polar surface area (TPSA) is 90.9 Å². The Morgan fingerprint density at radius 1 is 1.12 bits per heavy atom. The highest BCUT2D eigenvalue weighted by molar-refractivity contribution is 7.99. The van der Waals surface area contributed by atoms with E-state index in [4.69, 9.17) is 23.2 Å². The Labute approximate surface area is 160 Å². The van der Waals surface area contributed by atoms with Crippen LogP contribution in [-0.4, -0.2) is 28.9 Å². The molecule has 3 aromatic rings. The number of primary sulfonamides is 1. The summed E-state index contributed by atoms with van der Waals surface area (Å²) < 4.78 is 24.7. The van der Waals surface area contributed by atoms with Gasteiger partial charge < -0.3 is 0 Å². The van der Waals surface area contributed by atoms with Gasteiger partial charge in [0.05, 0.1) is 10.6 Å². The van der Waals surface area contributed by atoms with Crippen molar-refractivity contribution >= 4 is 33.4 Å². The molecule has 2 N–H and O–H groups in total. The smallest absolute Gasteiger partial charge is 0.238 e. The van der Waals surface area contributed by atoms with Crippen LogP contribution < -0.4 is 5.14 Å². The van der Waals surface area contributed by atoms with E-state index in [1.807, 2.05) is 12.1 Å². The Morgan fingerprint density at radius 3 is 2.35 bits per heavy atom. The maximum absolute atomic E-state index is 11.5. The third-order valence-corrected chi connectivity index (χ3v) is 5.46. The molecular weight excluding hydrogens is 392 g/mol. The van der Waals surface area contributed by atoms with Gasteiger partial charge in [-0.2, -0.15) is 0 Å². The minimum atomic E-state index is -3.77. The highest BCUT2D eigenvalue weighted by Crippen LogP contribution is 2.29. The average Bonchev–Trinajstić information content (AvgIpc) is 3.04. The minimum absolute atomic E-state index is 0.0280. The molecule has 0 aliphatic heterocycles. The Bertz CT molecular complexity index is 1070. The van der Waals surface area contributed by atoms with Crippen LogP contribution in [0.2, 0.25) is 5.02 Å². The van der Waals surface area contributed by atoms with Crippen molar-refractivity contribution < 1.29 is 8.42 Å². The van der Waals surface area contributed by atoms with E-state index in [9.17, 15) is 8.42 Å². The molecule has 0 atom stereocenters. The first-order valence-electron chi connectivity index (χ1n) is 7.31. The summed E-state index contributed by atoms with van der Waals surface area (Å²) >= 11 is 7.31. The van der Waals surface area contributed by atoms with E-state index in [0.29, 0.717) is 27.4 Å². The van der Waals surface area contributed by atoms with Crippen LogP contribution >= 0.6 is 23.4 Å². The van der Waals surface area contributed by atoms with E-state index in [2.05, 4.69) is 16.1 Å². The molecule has 0 spiro atoms. The Balaban J connectivity index is 2.12. The lowest BCUT2D eigenvalue weighted by molar-refractivity contribution is 0.598. The molecule has 9 heteroatoms. The number of benzene rings is 2. The lowest BCUT2D eigenvalue weighted by Gasteiger charge is -2.10. The molecule has 0 fully saturated rings. The molecule has 1 aromatic heterocycles. The number of terminal acetylenes is 1. The molecule has 0 saturated carbocycles. The fourth-order valence-electron chi connectivity index (χ4n) is 2.27. The summed E-state index contributed by atoms with van der Waals surface area (Å²) in [4.78, 5) is 0.0280. The van der Waals surface area contributed by atoms with Gasteiger partial charge in [-0.1, -0.05) is 29.3 Å². The molecule has 0 amide bonds. The molecule has 0 aliphatic carbocycles. The average molecular weight is 405 g/mol. The quantitative estimate of drug-likeness (QED) is 0.521. The second-order valence-corrected chi connectivity index (χ2v) is 8.12. The first-order chi connectivity index (χ1) is 12.4. The molecule has 0 unspecified atom stereocenters. The van der Waals surface area contributed by atoms with Gasteiger partial charge in [0.15, 0.2) is 11.0 Å². The zero-order valence-corrected chi connectivity index (χ0v) is 15.7. The number of hydrogen-bond donors (Lipinski definition) is 1. The summed E-state index contributed by atoms with van der Waals surface area (Å²) in [5.41, 5.74) is 1.50. The van der Waals surface area contributed by atoms with Gasteiger partial charge in [-0.15, -0.1) is 16.6 Å². The van der Waals surface area contributed by atoms with Gasteiger partial charge in [-0.05, 0) is 48.5 Å². The van der Waals surface area contributed by atoms with Crippen molar-refractivity contribution in [3.05, 3.63) is 53.6 Å². The zero-order chi connectivity index (χ0) is 18.7. The predicted octanol–water partition coefficient (Wildman–Crippen LogP) is 2.96. The lowest BCUT2D eigenvalue weighted by atomic mass is 10.2. The Hall–Kier alpha value is -2.31. The number of nitrogens with zero attached hydrogens (tertiary/aromatic N) is 3. The Kier molecular flexibility index (Phi) is 5.34. The molecule has 6 nitrogen and oxygen atoms in total. The number of rotatable bonds is 5. The number of nitrogens with two attached hydrogens (primary N) is 1. The molecule has 0 saturated heterocycles. The second-order valence-electron chi connectivity index (χ2n) is 5.18. The fourth-order valence-corrected chi connectivity index (χ4v) is 3.55. The zero-order valence-electron chi connectivity index (χ0n) is 13.3. The van der Waals surface area contributed by atoms with Gasteiger partial charge in [-0.3, -0.25) is 4.57 Å². The molecule has 1 heterocycles. The SMILES string of the molecule is C#CCSc1nnc(-c2ccc(Cl)cc2)n1-c1ccc(S(N)(=O)=O)cc1. The van der Waals surface area contributed by atoms with Crippen molar-refractivity contribution in [3.8, 4) is 29.4 Å². The predicted molar refractivity (Wildman–Crippen MR) is 103 cm³/mol. The van der Waals surface area contributed by atoms with Crippen LogP contribution in [0, 0.1) is 12.3 Å². The Morgan fingerprint density at radius 2 is 1.77 bits per heavy atom. The summed E-state index contributed by atoms with van der Waals surface area (Å²) in [7, 11) is -3.77. The van der Waals surface area contributed by atoms with Crippen LogP contribution in [0.15, 0.2) is 58.6 Å². The highest BCUT2D eigenvalue weighted by atomic mass is 35.5. The molecule has 26 heavy (non-hydrogen) atoms. The normalized spacial score (nSPS) is 11.3. The summed E-state index contributed by atoms with van der Waals surface area (Å²) in [5, 5.41) is 14.8. The van der Waals surface area contributed by atoms with E-state index in [0.717, 1.165) is 5.56 Å². The van der Waals surface area contributed by atoms with Gasteiger partial charge in [0.2, 0.25) is 10.0 Å². The first kappa shape index (κ1) is 18.5. The van der Waals surface area contributed by atoms with E-state index in [-0.39, 0.29) is 4.90 Å². The molecule has 2 aromatic carbocycles. The van der Waals surface area contributed by atoms with Crippen molar-refractivity contribution in [2.24, 2.45) is 5.14 Å².